The minimum Gasteiger partial charge on any atom is -0.312 e. The van der Waals surface area contributed by atoms with Gasteiger partial charge < -0.3 is 10.2 Å². The minimum atomic E-state index is -0.348. The van der Waals surface area contributed by atoms with E-state index in [1.807, 2.05) is 6.07 Å². The van der Waals surface area contributed by atoms with Crippen LogP contribution in [0.25, 0.3) is 0 Å². The molecule has 0 saturated carbocycles. The van der Waals surface area contributed by atoms with E-state index >= 15 is 0 Å². The van der Waals surface area contributed by atoms with Gasteiger partial charge in [0.25, 0.3) is 5.69 Å². The maximum absolute atomic E-state index is 10.7. The zero-order chi connectivity index (χ0) is 13.7. The maximum atomic E-state index is 10.7. The average Bonchev–Trinajstić information content (AvgIpc) is 2.39. The summed E-state index contributed by atoms with van der Waals surface area (Å²) in [6.07, 6.45) is 2.53. The van der Waals surface area contributed by atoms with Gasteiger partial charge in [-0.3, -0.25) is 10.1 Å². The lowest BCUT2D eigenvalue weighted by atomic mass is 9.98. The van der Waals surface area contributed by atoms with Gasteiger partial charge in [0.05, 0.1) is 4.92 Å². The summed E-state index contributed by atoms with van der Waals surface area (Å²) in [5, 5.41) is 14.1. The topological polar surface area (TPSA) is 58.4 Å². The first-order chi connectivity index (χ1) is 9.15. The second-order valence-electron chi connectivity index (χ2n) is 5.33. The summed E-state index contributed by atoms with van der Waals surface area (Å²) in [6.45, 7) is 4.01. The molecule has 2 rings (SSSR count). The van der Waals surface area contributed by atoms with Gasteiger partial charge in [0, 0.05) is 25.2 Å². The maximum Gasteiger partial charge on any atom is 0.269 e. The largest absolute Gasteiger partial charge is 0.312 e. The summed E-state index contributed by atoms with van der Waals surface area (Å²) in [5.74, 6) is 0.692. The van der Waals surface area contributed by atoms with Crippen molar-refractivity contribution < 1.29 is 4.92 Å². The number of nitro benzene ring substituents is 1. The number of nitrogens with zero attached hydrogens (tertiary/aromatic N) is 2. The van der Waals surface area contributed by atoms with Gasteiger partial charge in [-0.25, -0.2) is 0 Å². The first kappa shape index (κ1) is 14.0. The van der Waals surface area contributed by atoms with E-state index in [2.05, 4.69) is 17.3 Å². The molecule has 104 valence electrons. The van der Waals surface area contributed by atoms with Crippen molar-refractivity contribution in [3.63, 3.8) is 0 Å². The molecule has 0 aliphatic carbocycles. The van der Waals surface area contributed by atoms with Gasteiger partial charge >= 0.3 is 0 Å². The molecule has 1 atom stereocenters. The van der Waals surface area contributed by atoms with Crippen LogP contribution in [0.2, 0.25) is 0 Å². The van der Waals surface area contributed by atoms with Crippen molar-refractivity contribution in [1.29, 1.82) is 0 Å². The summed E-state index contributed by atoms with van der Waals surface area (Å²) in [5.41, 5.74) is 1.13. The lowest BCUT2D eigenvalue weighted by molar-refractivity contribution is -0.384. The van der Waals surface area contributed by atoms with Crippen LogP contribution >= 0.6 is 0 Å². The van der Waals surface area contributed by atoms with E-state index in [0.717, 1.165) is 18.7 Å². The molecule has 0 aromatic heterocycles. The summed E-state index contributed by atoms with van der Waals surface area (Å²) >= 11 is 0. The van der Waals surface area contributed by atoms with Crippen molar-refractivity contribution in [2.24, 2.45) is 5.92 Å². The van der Waals surface area contributed by atoms with E-state index in [1.165, 1.54) is 25.5 Å². The molecule has 19 heavy (non-hydrogen) atoms. The monoisotopic (exact) mass is 263 g/mol. The normalized spacial score (nSPS) is 20.4. The molecule has 0 amide bonds. The number of nitro groups is 1. The third-order valence-corrected chi connectivity index (χ3v) is 3.61. The number of non-ortho nitro benzene ring substituents is 1. The Morgan fingerprint density at radius 3 is 3.11 bits per heavy atom. The number of hydrogen-bond donors (Lipinski definition) is 1. The first-order valence-corrected chi connectivity index (χ1v) is 6.78. The zero-order valence-corrected chi connectivity index (χ0v) is 11.3. The van der Waals surface area contributed by atoms with Crippen LogP contribution in [-0.4, -0.2) is 36.5 Å². The molecule has 1 heterocycles. The summed E-state index contributed by atoms with van der Waals surface area (Å²) in [7, 11) is 2.16. The molecule has 1 aliphatic heterocycles. The Bertz CT molecular complexity index is 436. The van der Waals surface area contributed by atoms with Crippen molar-refractivity contribution >= 4 is 5.69 Å². The first-order valence-electron chi connectivity index (χ1n) is 6.78. The van der Waals surface area contributed by atoms with Crippen LogP contribution in [0, 0.1) is 16.0 Å². The Labute approximate surface area is 113 Å². The molecular formula is C14H21N3O2. The van der Waals surface area contributed by atoms with Gasteiger partial charge in [0.2, 0.25) is 0 Å². The molecule has 1 unspecified atom stereocenters. The predicted octanol–water partition coefficient (Wildman–Crippen LogP) is 2.03. The van der Waals surface area contributed by atoms with Gasteiger partial charge in [0.15, 0.2) is 0 Å². The Morgan fingerprint density at radius 1 is 1.53 bits per heavy atom. The predicted molar refractivity (Wildman–Crippen MR) is 75.0 cm³/mol. The second kappa shape index (κ2) is 6.63. The van der Waals surface area contributed by atoms with E-state index in [1.54, 1.807) is 12.1 Å². The highest BCUT2D eigenvalue weighted by molar-refractivity contribution is 5.34. The van der Waals surface area contributed by atoms with Crippen LogP contribution in [0.15, 0.2) is 24.3 Å². The van der Waals surface area contributed by atoms with Gasteiger partial charge in [-0.1, -0.05) is 12.1 Å². The Balaban J connectivity index is 1.79. The number of piperidine rings is 1. The molecule has 0 bridgehead atoms. The lowest BCUT2D eigenvalue weighted by Gasteiger charge is -2.29. The van der Waals surface area contributed by atoms with Gasteiger partial charge in [-0.05, 0) is 44.5 Å². The van der Waals surface area contributed by atoms with E-state index in [9.17, 15) is 10.1 Å². The summed E-state index contributed by atoms with van der Waals surface area (Å²) < 4.78 is 0. The highest BCUT2D eigenvalue weighted by Crippen LogP contribution is 2.15. The van der Waals surface area contributed by atoms with Crippen LogP contribution in [0.4, 0.5) is 5.69 Å². The molecule has 1 aromatic carbocycles. The van der Waals surface area contributed by atoms with Crippen LogP contribution in [0.5, 0.6) is 0 Å². The standard InChI is InChI=1S/C14H21N3O2/c1-16-7-3-5-13(11-16)10-15-9-12-4-2-6-14(8-12)17(18)19/h2,4,6,8,13,15H,3,5,7,9-11H2,1H3. The molecule has 1 aliphatic rings. The van der Waals surface area contributed by atoms with E-state index in [0.29, 0.717) is 12.5 Å². The highest BCUT2D eigenvalue weighted by atomic mass is 16.6. The van der Waals surface area contributed by atoms with Crippen molar-refractivity contribution in [2.45, 2.75) is 19.4 Å². The number of hydrogen-bond acceptors (Lipinski definition) is 4. The van der Waals surface area contributed by atoms with E-state index < -0.39 is 0 Å². The second-order valence-corrected chi connectivity index (χ2v) is 5.33. The fourth-order valence-corrected chi connectivity index (χ4v) is 2.64. The molecule has 0 radical (unpaired) electrons. The summed E-state index contributed by atoms with van der Waals surface area (Å²) in [6, 6.07) is 6.83. The molecule has 1 fully saturated rings. The molecular weight excluding hydrogens is 242 g/mol. The quantitative estimate of drug-likeness (QED) is 0.652. The lowest BCUT2D eigenvalue weighted by Crippen LogP contribution is -2.37. The number of benzene rings is 1. The molecule has 1 N–H and O–H groups in total. The number of likely N-dealkylation sites (tertiary alicyclic amines) is 1. The van der Waals surface area contributed by atoms with Crippen LogP contribution in [-0.2, 0) is 6.54 Å². The molecule has 1 saturated heterocycles. The number of nitrogens with one attached hydrogen (secondary N) is 1. The van der Waals surface area contributed by atoms with Gasteiger partial charge in [0.1, 0.15) is 0 Å². The third kappa shape index (κ3) is 4.29. The Hall–Kier alpha value is -1.46. The Morgan fingerprint density at radius 2 is 2.37 bits per heavy atom. The van der Waals surface area contributed by atoms with E-state index in [4.69, 9.17) is 0 Å². The fourth-order valence-electron chi connectivity index (χ4n) is 2.64. The molecule has 5 nitrogen and oxygen atoms in total. The average molecular weight is 263 g/mol. The van der Waals surface area contributed by atoms with Gasteiger partial charge in [-0.15, -0.1) is 0 Å². The third-order valence-electron chi connectivity index (χ3n) is 3.61. The van der Waals surface area contributed by atoms with E-state index in [-0.39, 0.29) is 10.6 Å². The SMILES string of the molecule is CN1CCCC(CNCc2cccc([N+](=O)[O-])c2)C1. The number of rotatable bonds is 5. The highest BCUT2D eigenvalue weighted by Gasteiger charge is 2.16. The molecule has 0 spiro atoms. The van der Waals surface area contributed by atoms with Crippen molar-refractivity contribution in [3.8, 4) is 0 Å². The van der Waals surface area contributed by atoms with Crippen molar-refractivity contribution in [3.05, 3.63) is 39.9 Å². The van der Waals surface area contributed by atoms with Gasteiger partial charge in [-0.2, -0.15) is 0 Å². The van der Waals surface area contributed by atoms with Crippen LogP contribution in [0.1, 0.15) is 18.4 Å². The molecule has 5 heteroatoms. The Kier molecular flexibility index (Phi) is 4.87. The van der Waals surface area contributed by atoms with Crippen molar-refractivity contribution in [1.82, 2.24) is 10.2 Å². The smallest absolute Gasteiger partial charge is 0.269 e. The minimum absolute atomic E-state index is 0.164. The van der Waals surface area contributed by atoms with Crippen molar-refractivity contribution in [2.75, 3.05) is 26.7 Å². The zero-order valence-electron chi connectivity index (χ0n) is 11.3. The van der Waals surface area contributed by atoms with Crippen LogP contribution in [0.3, 0.4) is 0 Å². The summed E-state index contributed by atoms with van der Waals surface area (Å²) in [4.78, 5) is 12.7. The van der Waals surface area contributed by atoms with Crippen LogP contribution < -0.4 is 5.32 Å². The fraction of sp³-hybridized carbons (Fsp3) is 0.571. The molecule has 1 aromatic rings.